The van der Waals surface area contributed by atoms with Gasteiger partial charge in [0.25, 0.3) is 17.3 Å². The van der Waals surface area contributed by atoms with Crippen molar-refractivity contribution in [1.29, 1.82) is 0 Å². The quantitative estimate of drug-likeness (QED) is 0.287. The number of aliphatic carboxylic acids is 1. The number of rotatable bonds is 5. The second-order valence-electron chi connectivity index (χ2n) is 1.77. The van der Waals surface area contributed by atoms with Crippen LogP contribution in [0, 0.1) is 0 Å². The number of ketones is 4. The van der Waals surface area contributed by atoms with E-state index in [0.29, 0.717) is 0 Å². The van der Waals surface area contributed by atoms with E-state index >= 15 is 0 Å². The Morgan fingerprint density at radius 2 is 1.31 bits per heavy atom. The Balaban J connectivity index is 4.73. The van der Waals surface area contributed by atoms with Gasteiger partial charge in [-0.1, -0.05) is 0 Å². The first-order valence-corrected chi connectivity index (χ1v) is 2.77. The average molecular weight is 186 g/mol. The second-order valence-corrected chi connectivity index (χ2v) is 1.77. The van der Waals surface area contributed by atoms with E-state index in [9.17, 15) is 28.8 Å². The van der Waals surface area contributed by atoms with Crippen molar-refractivity contribution >= 4 is 35.4 Å². The topological polar surface area (TPSA) is 123 Å². The molecule has 0 atom stereocenters. The number of carboxylic acid groups (broad SMARTS) is 1. The predicted octanol–water partition coefficient (Wildman–Crippen LogP) is -2.45. The third-order valence-corrected chi connectivity index (χ3v) is 0.938. The molecule has 7 heteroatoms. The zero-order valence-electron chi connectivity index (χ0n) is 5.97. The lowest BCUT2D eigenvalue weighted by Crippen LogP contribution is -2.35. The van der Waals surface area contributed by atoms with E-state index in [1.54, 1.807) is 0 Å². The minimum absolute atomic E-state index is 0.477. The highest BCUT2D eigenvalue weighted by atomic mass is 16.4. The summed E-state index contributed by atoms with van der Waals surface area (Å²) in [4.78, 5) is 60.8. The SMILES string of the molecule is O=CC(=O)C(=O)C(=O)C(=O)C(=O)O. The predicted molar refractivity (Wildman–Crippen MR) is 33.7 cm³/mol. The standard InChI is InChI=1S/C6H2O7/c7-1-2(8)3(9)4(10)5(11)6(12)13/h1H,(H,12,13). The number of Topliss-reactive ketones (excluding diaryl/α,β-unsaturated/α-hetero) is 4. The van der Waals surface area contributed by atoms with E-state index in [4.69, 9.17) is 5.11 Å². The molecule has 0 rings (SSSR count). The molecule has 13 heavy (non-hydrogen) atoms. The molecule has 0 fully saturated rings. The summed E-state index contributed by atoms with van der Waals surface area (Å²) in [5.74, 6) is -9.91. The number of hydrogen-bond donors (Lipinski definition) is 1. The van der Waals surface area contributed by atoms with Crippen LogP contribution in [-0.2, 0) is 28.8 Å². The van der Waals surface area contributed by atoms with Gasteiger partial charge in [-0.3, -0.25) is 24.0 Å². The zero-order chi connectivity index (χ0) is 10.6. The van der Waals surface area contributed by atoms with Gasteiger partial charge in [0.1, 0.15) is 0 Å². The molecule has 0 aliphatic heterocycles. The molecule has 0 aromatic rings. The van der Waals surface area contributed by atoms with Crippen LogP contribution in [0.5, 0.6) is 0 Å². The van der Waals surface area contributed by atoms with Crippen LogP contribution in [0.15, 0.2) is 0 Å². The normalized spacial score (nSPS) is 8.62. The summed E-state index contributed by atoms with van der Waals surface area (Å²) in [5, 5.41) is 7.93. The molecule has 0 unspecified atom stereocenters. The van der Waals surface area contributed by atoms with Gasteiger partial charge in [0, 0.05) is 0 Å². The molecular formula is C6H2O7. The lowest BCUT2D eigenvalue weighted by molar-refractivity contribution is -0.156. The van der Waals surface area contributed by atoms with E-state index in [1.807, 2.05) is 0 Å². The van der Waals surface area contributed by atoms with Crippen LogP contribution < -0.4 is 0 Å². The Labute approximate surface area is 70.3 Å². The maximum atomic E-state index is 10.4. The van der Waals surface area contributed by atoms with Crippen molar-refractivity contribution < 1.29 is 33.9 Å². The molecule has 0 bridgehead atoms. The van der Waals surface area contributed by atoms with Crippen LogP contribution >= 0.6 is 0 Å². The summed E-state index contributed by atoms with van der Waals surface area (Å²) in [6, 6.07) is 0. The molecule has 0 aliphatic carbocycles. The van der Waals surface area contributed by atoms with E-state index in [2.05, 4.69) is 0 Å². The average Bonchev–Trinajstić information content (AvgIpc) is 2.12. The Hall–Kier alpha value is -2.18. The van der Waals surface area contributed by atoms with Gasteiger partial charge in [-0.2, -0.15) is 0 Å². The highest BCUT2D eigenvalue weighted by Crippen LogP contribution is 1.82. The van der Waals surface area contributed by atoms with Crippen molar-refractivity contribution in [3.63, 3.8) is 0 Å². The Morgan fingerprint density at radius 3 is 1.62 bits per heavy atom. The van der Waals surface area contributed by atoms with Crippen LogP contribution in [0.4, 0.5) is 0 Å². The summed E-state index contributed by atoms with van der Waals surface area (Å²) in [6.45, 7) is 0. The lowest BCUT2D eigenvalue weighted by Gasteiger charge is -1.88. The molecule has 0 aromatic heterocycles. The number of hydrogen-bond acceptors (Lipinski definition) is 6. The van der Waals surface area contributed by atoms with Gasteiger partial charge in [0.2, 0.25) is 0 Å². The van der Waals surface area contributed by atoms with Crippen LogP contribution in [0.25, 0.3) is 0 Å². The highest BCUT2D eigenvalue weighted by molar-refractivity contribution is 6.90. The molecule has 0 spiro atoms. The minimum Gasteiger partial charge on any atom is -0.475 e. The third kappa shape index (κ3) is 2.40. The fourth-order valence-corrected chi connectivity index (χ4v) is 0.366. The molecule has 0 amide bonds. The van der Waals surface area contributed by atoms with Crippen molar-refractivity contribution in [3.05, 3.63) is 0 Å². The maximum absolute atomic E-state index is 10.4. The fraction of sp³-hybridized carbons (Fsp3) is 0. The second kappa shape index (κ2) is 4.00. The smallest absolute Gasteiger partial charge is 0.380 e. The Kier molecular flexibility index (Phi) is 3.33. The zero-order valence-corrected chi connectivity index (χ0v) is 5.97. The van der Waals surface area contributed by atoms with Gasteiger partial charge in [-0.25, -0.2) is 4.79 Å². The van der Waals surface area contributed by atoms with Gasteiger partial charge >= 0.3 is 11.8 Å². The summed E-state index contributed by atoms with van der Waals surface area (Å²) in [5.41, 5.74) is 0. The number of carbonyl (C=O) groups is 6. The molecule has 7 nitrogen and oxygen atoms in total. The van der Waals surface area contributed by atoms with Crippen LogP contribution in [0.3, 0.4) is 0 Å². The molecular weight excluding hydrogens is 184 g/mol. The number of carbonyl (C=O) groups excluding carboxylic acids is 5. The largest absolute Gasteiger partial charge is 0.475 e. The van der Waals surface area contributed by atoms with Gasteiger partial charge < -0.3 is 5.11 Å². The fourth-order valence-electron chi connectivity index (χ4n) is 0.366. The van der Waals surface area contributed by atoms with Crippen molar-refractivity contribution in [2.75, 3.05) is 0 Å². The van der Waals surface area contributed by atoms with Gasteiger partial charge in [-0.05, 0) is 0 Å². The van der Waals surface area contributed by atoms with Crippen LogP contribution in [0.1, 0.15) is 0 Å². The summed E-state index contributed by atoms with van der Waals surface area (Å²) < 4.78 is 0. The minimum atomic E-state index is -2.16. The number of carboxylic acids is 1. The van der Waals surface area contributed by atoms with E-state index in [-0.39, 0.29) is 0 Å². The van der Waals surface area contributed by atoms with Crippen molar-refractivity contribution in [1.82, 2.24) is 0 Å². The molecule has 0 saturated heterocycles. The molecule has 1 N–H and O–H groups in total. The van der Waals surface area contributed by atoms with E-state index in [0.717, 1.165) is 0 Å². The molecule has 68 valence electrons. The monoisotopic (exact) mass is 186 g/mol. The third-order valence-electron chi connectivity index (χ3n) is 0.938. The van der Waals surface area contributed by atoms with Crippen molar-refractivity contribution in [2.24, 2.45) is 0 Å². The maximum Gasteiger partial charge on any atom is 0.380 e. The molecule has 0 saturated carbocycles. The van der Waals surface area contributed by atoms with Crippen LogP contribution in [0.2, 0.25) is 0 Å². The van der Waals surface area contributed by atoms with Crippen molar-refractivity contribution in [2.45, 2.75) is 0 Å². The first-order valence-electron chi connectivity index (χ1n) is 2.77. The Morgan fingerprint density at radius 1 is 0.846 bits per heavy atom. The van der Waals surface area contributed by atoms with Gasteiger partial charge in [0.05, 0.1) is 0 Å². The molecule has 0 heterocycles. The molecule has 0 aromatic carbocycles. The van der Waals surface area contributed by atoms with Gasteiger partial charge in [0.15, 0.2) is 6.29 Å². The molecule has 0 aliphatic rings. The summed E-state index contributed by atoms with van der Waals surface area (Å²) in [6.07, 6.45) is -0.477. The summed E-state index contributed by atoms with van der Waals surface area (Å²) in [7, 11) is 0. The highest BCUT2D eigenvalue weighted by Gasteiger charge is 2.32. The van der Waals surface area contributed by atoms with E-state index < -0.39 is 35.4 Å². The number of aldehydes is 1. The first-order chi connectivity index (χ1) is 5.91. The summed E-state index contributed by atoms with van der Waals surface area (Å²) >= 11 is 0. The molecule has 0 radical (unpaired) electrons. The lowest BCUT2D eigenvalue weighted by atomic mass is 10.1. The van der Waals surface area contributed by atoms with Crippen LogP contribution in [-0.4, -0.2) is 40.5 Å². The van der Waals surface area contributed by atoms with Crippen molar-refractivity contribution in [3.8, 4) is 0 Å². The van der Waals surface area contributed by atoms with E-state index in [1.165, 1.54) is 0 Å². The first kappa shape index (κ1) is 10.8. The Bertz CT molecular complexity index is 324. The van der Waals surface area contributed by atoms with Gasteiger partial charge in [-0.15, -0.1) is 0 Å².